The van der Waals surface area contributed by atoms with Gasteiger partial charge in [0, 0.05) is 37.1 Å². The van der Waals surface area contributed by atoms with Crippen LogP contribution in [-0.2, 0) is 11.3 Å². The Morgan fingerprint density at radius 1 is 1.13 bits per heavy atom. The minimum atomic E-state index is 0.265. The lowest BCUT2D eigenvalue weighted by atomic mass is 10.0. The molecule has 1 amide bonds. The lowest BCUT2D eigenvalue weighted by Crippen LogP contribution is -2.44. The summed E-state index contributed by atoms with van der Waals surface area (Å²) in [5, 5.41) is 4.10. The molecule has 0 atom stereocenters. The number of hydrogen-bond donors (Lipinski definition) is 1. The van der Waals surface area contributed by atoms with Crippen LogP contribution in [0, 0.1) is 5.92 Å². The van der Waals surface area contributed by atoms with E-state index in [4.69, 9.17) is 11.6 Å². The molecule has 3 nitrogen and oxygen atoms in total. The van der Waals surface area contributed by atoms with Crippen molar-refractivity contribution in [1.82, 2.24) is 10.2 Å². The molecule has 1 N–H and O–H groups in total. The van der Waals surface area contributed by atoms with Crippen molar-refractivity contribution in [2.75, 3.05) is 13.1 Å². The van der Waals surface area contributed by atoms with Crippen molar-refractivity contribution in [3.05, 3.63) is 34.9 Å². The first-order valence-electron chi connectivity index (χ1n) is 8.96. The SMILES string of the molecule is O=C(CC1CCCC1)NC1CCN(Cc2ccccc2Cl)CC1. The number of rotatable bonds is 5. The number of hydrogen-bond acceptors (Lipinski definition) is 2. The Balaban J connectivity index is 1.40. The topological polar surface area (TPSA) is 32.3 Å². The van der Waals surface area contributed by atoms with Crippen LogP contribution in [0.25, 0.3) is 0 Å². The predicted octanol–water partition coefficient (Wildman–Crippen LogP) is 4.00. The minimum Gasteiger partial charge on any atom is -0.353 e. The van der Waals surface area contributed by atoms with Gasteiger partial charge in [0.1, 0.15) is 0 Å². The molecule has 1 aromatic rings. The van der Waals surface area contributed by atoms with Gasteiger partial charge in [-0.3, -0.25) is 9.69 Å². The fourth-order valence-electron chi connectivity index (χ4n) is 3.87. The first kappa shape index (κ1) is 16.8. The van der Waals surface area contributed by atoms with E-state index in [9.17, 15) is 4.79 Å². The number of halogens is 1. The van der Waals surface area contributed by atoms with Gasteiger partial charge in [-0.05, 0) is 43.2 Å². The van der Waals surface area contributed by atoms with Crippen LogP contribution < -0.4 is 5.32 Å². The molecular formula is C19H27ClN2O. The van der Waals surface area contributed by atoms with Gasteiger partial charge < -0.3 is 5.32 Å². The maximum atomic E-state index is 12.1. The molecule has 1 heterocycles. The molecule has 2 aliphatic rings. The lowest BCUT2D eigenvalue weighted by Gasteiger charge is -2.32. The summed E-state index contributed by atoms with van der Waals surface area (Å²) in [5.41, 5.74) is 1.19. The third-order valence-electron chi connectivity index (χ3n) is 5.25. The van der Waals surface area contributed by atoms with Gasteiger partial charge >= 0.3 is 0 Å². The summed E-state index contributed by atoms with van der Waals surface area (Å²) in [7, 11) is 0. The number of carbonyl (C=O) groups excluding carboxylic acids is 1. The third kappa shape index (κ3) is 4.95. The average molecular weight is 335 g/mol. The Morgan fingerprint density at radius 3 is 2.52 bits per heavy atom. The van der Waals surface area contributed by atoms with E-state index in [1.165, 1.54) is 31.2 Å². The van der Waals surface area contributed by atoms with E-state index in [-0.39, 0.29) is 5.91 Å². The molecule has 2 fully saturated rings. The summed E-state index contributed by atoms with van der Waals surface area (Å²) in [4.78, 5) is 14.6. The fraction of sp³-hybridized carbons (Fsp3) is 0.632. The second-order valence-corrected chi connectivity index (χ2v) is 7.47. The average Bonchev–Trinajstić information content (AvgIpc) is 3.04. The van der Waals surface area contributed by atoms with Crippen LogP contribution in [0.15, 0.2) is 24.3 Å². The highest BCUT2D eigenvalue weighted by Crippen LogP contribution is 2.27. The van der Waals surface area contributed by atoms with Crippen molar-refractivity contribution in [2.45, 2.75) is 57.5 Å². The van der Waals surface area contributed by atoms with Crippen LogP contribution in [0.1, 0.15) is 50.5 Å². The first-order valence-corrected chi connectivity index (χ1v) is 9.33. The zero-order chi connectivity index (χ0) is 16.1. The van der Waals surface area contributed by atoms with E-state index in [0.717, 1.165) is 43.9 Å². The highest BCUT2D eigenvalue weighted by Gasteiger charge is 2.23. The summed E-state index contributed by atoms with van der Waals surface area (Å²) < 4.78 is 0. The first-order chi connectivity index (χ1) is 11.2. The number of nitrogens with zero attached hydrogens (tertiary/aromatic N) is 1. The summed E-state index contributed by atoms with van der Waals surface area (Å²) in [6, 6.07) is 8.41. The number of carbonyl (C=O) groups is 1. The Morgan fingerprint density at radius 2 is 1.83 bits per heavy atom. The van der Waals surface area contributed by atoms with Crippen molar-refractivity contribution in [1.29, 1.82) is 0 Å². The minimum absolute atomic E-state index is 0.265. The van der Waals surface area contributed by atoms with Gasteiger partial charge in [-0.25, -0.2) is 0 Å². The molecule has 126 valence electrons. The van der Waals surface area contributed by atoms with Gasteiger partial charge in [-0.15, -0.1) is 0 Å². The number of likely N-dealkylation sites (tertiary alicyclic amines) is 1. The summed E-state index contributed by atoms with van der Waals surface area (Å²) in [6.45, 7) is 2.96. The van der Waals surface area contributed by atoms with Gasteiger partial charge in [0.05, 0.1) is 0 Å². The predicted molar refractivity (Wildman–Crippen MR) is 94.5 cm³/mol. The van der Waals surface area contributed by atoms with Crippen LogP contribution in [-0.4, -0.2) is 29.9 Å². The molecule has 0 radical (unpaired) electrons. The molecule has 0 aromatic heterocycles. The standard InChI is InChI=1S/C19H27ClN2O/c20-18-8-4-3-7-16(18)14-22-11-9-17(10-12-22)21-19(23)13-15-5-1-2-6-15/h3-4,7-8,15,17H,1-2,5-6,9-14H2,(H,21,23). The molecule has 0 spiro atoms. The Hall–Kier alpha value is -1.06. The van der Waals surface area contributed by atoms with Crippen LogP contribution in [0.3, 0.4) is 0 Å². The second kappa shape index (κ2) is 8.16. The molecular weight excluding hydrogens is 308 g/mol. The molecule has 4 heteroatoms. The van der Waals surface area contributed by atoms with Crippen LogP contribution in [0.5, 0.6) is 0 Å². The number of piperidine rings is 1. The summed E-state index contributed by atoms with van der Waals surface area (Å²) >= 11 is 6.24. The number of benzene rings is 1. The van der Waals surface area contributed by atoms with E-state index in [0.29, 0.717) is 12.0 Å². The molecule has 0 unspecified atom stereocenters. The smallest absolute Gasteiger partial charge is 0.220 e. The van der Waals surface area contributed by atoms with E-state index in [1.54, 1.807) is 0 Å². The largest absolute Gasteiger partial charge is 0.353 e. The molecule has 1 aliphatic heterocycles. The molecule has 1 aliphatic carbocycles. The zero-order valence-corrected chi connectivity index (χ0v) is 14.5. The van der Waals surface area contributed by atoms with Crippen LogP contribution >= 0.6 is 11.6 Å². The van der Waals surface area contributed by atoms with E-state index in [2.05, 4.69) is 16.3 Å². The highest BCUT2D eigenvalue weighted by molar-refractivity contribution is 6.31. The van der Waals surface area contributed by atoms with Crippen molar-refractivity contribution in [2.24, 2.45) is 5.92 Å². The second-order valence-electron chi connectivity index (χ2n) is 7.06. The zero-order valence-electron chi connectivity index (χ0n) is 13.8. The van der Waals surface area contributed by atoms with Crippen molar-refractivity contribution < 1.29 is 4.79 Å². The summed E-state index contributed by atoms with van der Waals surface area (Å²) in [6.07, 6.45) is 7.91. The van der Waals surface area contributed by atoms with Gasteiger partial charge in [-0.1, -0.05) is 42.6 Å². The Kier molecular flexibility index (Phi) is 5.96. The third-order valence-corrected chi connectivity index (χ3v) is 5.62. The maximum absolute atomic E-state index is 12.1. The van der Waals surface area contributed by atoms with Crippen molar-refractivity contribution >= 4 is 17.5 Å². The van der Waals surface area contributed by atoms with Gasteiger partial charge in [0.2, 0.25) is 5.91 Å². The van der Waals surface area contributed by atoms with Crippen molar-refractivity contribution in [3.63, 3.8) is 0 Å². The number of nitrogens with one attached hydrogen (secondary N) is 1. The Bertz CT molecular complexity index is 520. The molecule has 23 heavy (non-hydrogen) atoms. The van der Waals surface area contributed by atoms with Crippen molar-refractivity contribution in [3.8, 4) is 0 Å². The van der Waals surface area contributed by atoms with E-state index >= 15 is 0 Å². The van der Waals surface area contributed by atoms with Gasteiger partial charge in [0.25, 0.3) is 0 Å². The van der Waals surface area contributed by atoms with E-state index in [1.807, 2.05) is 18.2 Å². The van der Waals surface area contributed by atoms with Crippen LogP contribution in [0.2, 0.25) is 5.02 Å². The molecule has 3 rings (SSSR count). The molecule has 1 aromatic carbocycles. The highest BCUT2D eigenvalue weighted by atomic mass is 35.5. The van der Waals surface area contributed by atoms with Gasteiger partial charge in [-0.2, -0.15) is 0 Å². The Labute approximate surface area is 144 Å². The molecule has 0 bridgehead atoms. The summed E-state index contributed by atoms with van der Waals surface area (Å²) in [5.74, 6) is 0.900. The molecule has 1 saturated heterocycles. The fourth-order valence-corrected chi connectivity index (χ4v) is 4.06. The van der Waals surface area contributed by atoms with E-state index < -0.39 is 0 Å². The van der Waals surface area contributed by atoms with Gasteiger partial charge in [0.15, 0.2) is 0 Å². The monoisotopic (exact) mass is 334 g/mol. The lowest BCUT2D eigenvalue weighted by molar-refractivity contribution is -0.123. The number of amides is 1. The molecule has 1 saturated carbocycles. The maximum Gasteiger partial charge on any atom is 0.220 e. The quantitative estimate of drug-likeness (QED) is 0.882. The van der Waals surface area contributed by atoms with Crippen LogP contribution in [0.4, 0.5) is 0 Å². The normalized spacial score (nSPS) is 20.7.